The minimum absolute atomic E-state index is 0.0602. The third kappa shape index (κ3) is 11.5. The predicted octanol–water partition coefficient (Wildman–Crippen LogP) is 23.5. The van der Waals surface area contributed by atoms with Crippen molar-refractivity contribution in [3.63, 3.8) is 0 Å². The molecule has 0 saturated heterocycles. The van der Waals surface area contributed by atoms with E-state index in [1.54, 1.807) is 6.07 Å². The molecule has 1 aliphatic heterocycles. The van der Waals surface area contributed by atoms with Crippen LogP contribution in [0.3, 0.4) is 0 Å². The summed E-state index contributed by atoms with van der Waals surface area (Å²) in [4.78, 5) is 9.08. The van der Waals surface area contributed by atoms with Crippen molar-refractivity contribution in [3.8, 4) is 50.7 Å². The molecule has 460 valence electrons. The van der Waals surface area contributed by atoms with Gasteiger partial charge in [0.2, 0.25) is 5.82 Å². The molecule has 3 heterocycles. The highest BCUT2D eigenvalue weighted by Gasteiger charge is 2.37. The standard InChI is InChI=1S/C79H83F5N4O/c1-44(2)47-35-59(45(3)4)68(60(36-47)46(5)6)49-33-54(41-56(34-49)89-55-27-28-58-57-23-19-20-24-63(57)88(66(58)42-55)67-40-50(29-30-85-67)76(7,8)9)86-43-87(65-26-22-21-25-64(65)86)75-61(48-31-51(77(10,11)12)37-52(32-48)78(13,14)15)38-53(79(16,17)18)39-62(75)69-70(80)72(82)74(84)73(83)71(69)81/h19-42,44-46H,43H2,1-18H3. The Balaban J connectivity index is 1.18. The average Bonchev–Trinajstić information content (AvgIpc) is 1.74. The molecule has 11 rings (SSSR count). The molecule has 2 aromatic heterocycles. The van der Waals surface area contributed by atoms with E-state index in [0.717, 1.165) is 72.4 Å². The Kier molecular flexibility index (Phi) is 15.9. The lowest BCUT2D eigenvalue weighted by molar-refractivity contribution is 0.381. The Morgan fingerprint density at radius 3 is 1.53 bits per heavy atom. The Bertz CT molecular complexity index is 4340. The lowest BCUT2D eigenvalue weighted by Crippen LogP contribution is -2.26. The van der Waals surface area contributed by atoms with Gasteiger partial charge in [-0.3, -0.25) is 4.57 Å². The van der Waals surface area contributed by atoms with Crippen molar-refractivity contribution in [2.75, 3.05) is 16.5 Å². The second kappa shape index (κ2) is 22.7. The molecule has 0 atom stereocenters. The van der Waals surface area contributed by atoms with Crippen LogP contribution in [0.2, 0.25) is 0 Å². The summed E-state index contributed by atoms with van der Waals surface area (Å²) in [7, 11) is 0. The van der Waals surface area contributed by atoms with Gasteiger partial charge >= 0.3 is 0 Å². The van der Waals surface area contributed by atoms with Gasteiger partial charge in [0.1, 0.15) is 24.0 Å². The van der Waals surface area contributed by atoms with Crippen LogP contribution in [0, 0.1) is 29.1 Å². The molecule has 8 aromatic carbocycles. The Morgan fingerprint density at radius 1 is 0.427 bits per heavy atom. The zero-order valence-corrected chi connectivity index (χ0v) is 54.9. The topological polar surface area (TPSA) is 33.5 Å². The molecule has 5 nitrogen and oxygen atoms in total. The minimum atomic E-state index is -2.22. The number of hydrogen-bond acceptors (Lipinski definition) is 4. The maximum atomic E-state index is 17.0. The third-order valence-electron chi connectivity index (χ3n) is 17.8. The Labute approximate surface area is 523 Å². The first-order valence-electron chi connectivity index (χ1n) is 31.2. The van der Waals surface area contributed by atoms with Crippen LogP contribution in [-0.2, 0) is 21.7 Å². The summed E-state index contributed by atoms with van der Waals surface area (Å²) in [6.45, 7) is 38.8. The van der Waals surface area contributed by atoms with Gasteiger partial charge in [-0.15, -0.1) is 0 Å². The number of nitrogens with zero attached hydrogens (tertiary/aromatic N) is 4. The highest BCUT2D eigenvalue weighted by Crippen LogP contribution is 2.54. The van der Waals surface area contributed by atoms with E-state index in [1.807, 2.05) is 80.4 Å². The SMILES string of the molecule is CC(C)c1cc(C(C)C)c(-c2cc(Oc3ccc4c5ccccc5n(-c5cc(C(C)(C)C)ccn5)c4c3)cc(N3CN(c4c(-c5cc(C(C)(C)C)cc(C(C)(C)C)c5)cc(C(C)(C)C)cc4-c4c(F)c(F)c(F)c(F)c4F)c4ccccc43)c2)c(C(C)C)c1. The van der Waals surface area contributed by atoms with E-state index >= 15 is 22.0 Å². The monoisotopic (exact) mass is 1200 g/mol. The van der Waals surface area contributed by atoms with Gasteiger partial charge in [0, 0.05) is 45.9 Å². The summed E-state index contributed by atoms with van der Waals surface area (Å²) in [5.74, 6) is -7.54. The molecule has 0 aliphatic carbocycles. The van der Waals surface area contributed by atoms with E-state index in [1.165, 1.54) is 16.7 Å². The summed E-state index contributed by atoms with van der Waals surface area (Å²) in [5, 5.41) is 2.13. The van der Waals surface area contributed by atoms with Crippen molar-refractivity contribution in [3.05, 3.63) is 214 Å². The van der Waals surface area contributed by atoms with Crippen molar-refractivity contribution >= 4 is 44.6 Å². The molecule has 0 unspecified atom stereocenters. The van der Waals surface area contributed by atoms with Crippen molar-refractivity contribution in [1.82, 2.24) is 9.55 Å². The number of rotatable bonds is 11. The largest absolute Gasteiger partial charge is 0.457 e. The molecule has 0 fully saturated rings. The molecule has 89 heavy (non-hydrogen) atoms. The van der Waals surface area contributed by atoms with E-state index < -0.39 is 40.1 Å². The molecule has 0 spiro atoms. The second-order valence-corrected chi connectivity index (χ2v) is 29.4. The zero-order valence-electron chi connectivity index (χ0n) is 54.9. The van der Waals surface area contributed by atoms with Gasteiger partial charge in [0.25, 0.3) is 0 Å². The van der Waals surface area contributed by atoms with Gasteiger partial charge in [-0.2, -0.15) is 0 Å². The number of fused-ring (bicyclic) bond motifs is 4. The van der Waals surface area contributed by atoms with Gasteiger partial charge in [-0.05, 0) is 162 Å². The fraction of sp³-hybridized carbons (Fsp3) is 0.329. The summed E-state index contributed by atoms with van der Waals surface area (Å²) in [6, 6.07) is 47.7. The number of aromatic nitrogens is 2. The highest BCUT2D eigenvalue weighted by atomic mass is 19.2. The van der Waals surface area contributed by atoms with Gasteiger partial charge < -0.3 is 14.5 Å². The van der Waals surface area contributed by atoms with Crippen molar-refractivity contribution in [2.45, 2.75) is 164 Å². The smallest absolute Gasteiger partial charge is 0.200 e. The molecule has 10 aromatic rings. The fourth-order valence-corrected chi connectivity index (χ4v) is 12.5. The second-order valence-electron chi connectivity index (χ2n) is 29.4. The fourth-order valence-electron chi connectivity index (χ4n) is 12.5. The Hall–Kier alpha value is -8.24. The lowest BCUT2D eigenvalue weighted by Gasteiger charge is -2.32. The summed E-state index contributed by atoms with van der Waals surface area (Å²) in [5.41, 5.74) is 12.7. The maximum Gasteiger partial charge on any atom is 0.200 e. The molecular weight excluding hydrogens is 1120 g/mol. The molecule has 0 amide bonds. The van der Waals surface area contributed by atoms with Crippen LogP contribution >= 0.6 is 0 Å². The first-order chi connectivity index (χ1) is 41.7. The van der Waals surface area contributed by atoms with Crippen LogP contribution in [0.25, 0.3) is 61.0 Å². The van der Waals surface area contributed by atoms with E-state index in [9.17, 15) is 0 Å². The van der Waals surface area contributed by atoms with Gasteiger partial charge in [-0.25, -0.2) is 26.9 Å². The number of anilines is 4. The molecule has 0 radical (unpaired) electrons. The number of halogens is 5. The van der Waals surface area contributed by atoms with E-state index in [-0.39, 0.29) is 51.9 Å². The van der Waals surface area contributed by atoms with E-state index in [4.69, 9.17) is 9.72 Å². The first-order valence-corrected chi connectivity index (χ1v) is 31.2. The van der Waals surface area contributed by atoms with Crippen molar-refractivity contribution < 1.29 is 26.7 Å². The third-order valence-corrected chi connectivity index (χ3v) is 17.8. The number of para-hydroxylation sites is 3. The van der Waals surface area contributed by atoms with Gasteiger partial charge in [0.15, 0.2) is 23.3 Å². The maximum absolute atomic E-state index is 17.0. The van der Waals surface area contributed by atoms with Crippen LogP contribution in [0.4, 0.5) is 44.7 Å². The van der Waals surface area contributed by atoms with Crippen LogP contribution in [0.1, 0.15) is 181 Å². The van der Waals surface area contributed by atoms with E-state index in [0.29, 0.717) is 28.3 Å². The molecule has 1 aliphatic rings. The zero-order chi connectivity index (χ0) is 64.3. The number of ether oxygens (including phenoxy) is 1. The molecule has 0 N–H and O–H groups in total. The summed E-state index contributed by atoms with van der Waals surface area (Å²) >= 11 is 0. The molecule has 10 heteroatoms. The van der Waals surface area contributed by atoms with Crippen molar-refractivity contribution in [1.29, 1.82) is 0 Å². The normalized spacial score (nSPS) is 13.3. The lowest BCUT2D eigenvalue weighted by atomic mass is 9.77. The van der Waals surface area contributed by atoms with Crippen LogP contribution in [0.5, 0.6) is 11.5 Å². The minimum Gasteiger partial charge on any atom is -0.457 e. The van der Waals surface area contributed by atoms with Gasteiger partial charge in [-0.1, -0.05) is 185 Å². The van der Waals surface area contributed by atoms with E-state index in [2.05, 4.69) is 198 Å². The quantitative estimate of drug-likeness (QED) is 0.0734. The highest BCUT2D eigenvalue weighted by molar-refractivity contribution is 6.09. The van der Waals surface area contributed by atoms with Crippen molar-refractivity contribution in [2.24, 2.45) is 0 Å². The molecule has 0 bridgehead atoms. The van der Waals surface area contributed by atoms with Gasteiger partial charge in [0.05, 0.1) is 33.7 Å². The summed E-state index contributed by atoms with van der Waals surface area (Å²) < 4.78 is 90.6. The first kappa shape index (κ1) is 62.4. The average molecular weight is 1200 g/mol. The van der Waals surface area contributed by atoms with Crippen LogP contribution < -0.4 is 14.5 Å². The van der Waals surface area contributed by atoms with Crippen LogP contribution in [0.15, 0.2) is 146 Å². The Morgan fingerprint density at radius 2 is 0.955 bits per heavy atom. The summed E-state index contributed by atoms with van der Waals surface area (Å²) in [6.07, 6.45) is 1.88. The number of benzene rings is 8. The molecular formula is C79H83F5N4O. The molecule has 0 saturated carbocycles. The number of pyridine rings is 1. The predicted molar refractivity (Wildman–Crippen MR) is 360 cm³/mol. The number of hydrogen-bond donors (Lipinski definition) is 0. The van der Waals surface area contributed by atoms with Crippen LogP contribution in [-0.4, -0.2) is 16.2 Å².